The number of rotatable bonds is 7. The van der Waals surface area contributed by atoms with Gasteiger partial charge < -0.3 is 10.2 Å². The molecule has 112 valence electrons. The molecule has 2 rings (SSSR count). The summed E-state index contributed by atoms with van der Waals surface area (Å²) in [5.41, 5.74) is 2.10. The molecule has 0 aliphatic heterocycles. The molecular formula is C16H21ClN4. The molecule has 4 nitrogen and oxygen atoms in total. The fourth-order valence-corrected chi connectivity index (χ4v) is 2.25. The lowest BCUT2D eigenvalue weighted by Gasteiger charge is -2.22. The number of hydrogen-bond donors (Lipinski definition) is 1. The van der Waals surface area contributed by atoms with Crippen molar-refractivity contribution in [1.29, 1.82) is 0 Å². The summed E-state index contributed by atoms with van der Waals surface area (Å²) >= 11 is 6.21. The highest BCUT2D eigenvalue weighted by atomic mass is 35.5. The summed E-state index contributed by atoms with van der Waals surface area (Å²) in [5, 5.41) is 4.00. The molecule has 1 N–H and O–H groups in total. The molecule has 5 heteroatoms. The van der Waals surface area contributed by atoms with Crippen LogP contribution in [-0.2, 0) is 13.1 Å². The van der Waals surface area contributed by atoms with Crippen molar-refractivity contribution >= 4 is 17.4 Å². The summed E-state index contributed by atoms with van der Waals surface area (Å²) in [7, 11) is 0. The first kappa shape index (κ1) is 15.7. The fraction of sp³-hybridized carbons (Fsp3) is 0.375. The molecule has 2 heterocycles. The molecule has 0 bridgehead atoms. The molecule has 0 saturated carbocycles. The van der Waals surface area contributed by atoms with E-state index in [4.69, 9.17) is 11.6 Å². The molecule has 0 amide bonds. The van der Waals surface area contributed by atoms with Gasteiger partial charge in [-0.2, -0.15) is 0 Å². The second-order valence-corrected chi connectivity index (χ2v) is 5.16. The van der Waals surface area contributed by atoms with Crippen molar-refractivity contribution in [3.8, 4) is 0 Å². The largest absolute Gasteiger partial charge is 0.351 e. The van der Waals surface area contributed by atoms with Crippen LogP contribution in [0.1, 0.15) is 25.1 Å². The minimum absolute atomic E-state index is 0.702. The van der Waals surface area contributed by atoms with Crippen molar-refractivity contribution in [3.63, 3.8) is 0 Å². The van der Waals surface area contributed by atoms with E-state index in [2.05, 4.69) is 40.1 Å². The standard InChI is InChI=1S/C16H21ClN4/c1-3-18-10-13-9-16(20-11-15(13)17)21(4-2)12-14-7-5-6-8-19-14/h5-9,11,18H,3-4,10,12H2,1-2H3. The number of anilines is 1. The van der Waals surface area contributed by atoms with Crippen LogP contribution in [0.3, 0.4) is 0 Å². The molecule has 0 atom stereocenters. The van der Waals surface area contributed by atoms with Crippen LogP contribution in [-0.4, -0.2) is 23.1 Å². The van der Waals surface area contributed by atoms with Crippen LogP contribution in [0.5, 0.6) is 0 Å². The van der Waals surface area contributed by atoms with Crippen LogP contribution >= 0.6 is 11.6 Å². The molecular weight excluding hydrogens is 284 g/mol. The summed E-state index contributed by atoms with van der Waals surface area (Å²) in [6.45, 7) is 7.47. The smallest absolute Gasteiger partial charge is 0.129 e. The number of pyridine rings is 2. The molecule has 0 aromatic carbocycles. The van der Waals surface area contributed by atoms with Gasteiger partial charge in [0.05, 0.1) is 17.3 Å². The highest BCUT2D eigenvalue weighted by Crippen LogP contribution is 2.21. The maximum atomic E-state index is 6.21. The van der Waals surface area contributed by atoms with E-state index < -0.39 is 0 Å². The fourth-order valence-electron chi connectivity index (χ4n) is 2.08. The topological polar surface area (TPSA) is 41.0 Å². The van der Waals surface area contributed by atoms with Gasteiger partial charge in [0, 0.05) is 25.5 Å². The lowest BCUT2D eigenvalue weighted by Crippen LogP contribution is -2.24. The Morgan fingerprint density at radius 3 is 2.76 bits per heavy atom. The first-order chi connectivity index (χ1) is 10.2. The Kier molecular flexibility index (Phi) is 5.96. The van der Waals surface area contributed by atoms with Gasteiger partial charge in [0.15, 0.2) is 0 Å². The van der Waals surface area contributed by atoms with Gasteiger partial charge in [-0.05, 0) is 37.2 Å². The van der Waals surface area contributed by atoms with E-state index in [1.165, 1.54) is 0 Å². The van der Waals surface area contributed by atoms with Crippen LogP contribution in [0, 0.1) is 0 Å². The average Bonchev–Trinajstić information content (AvgIpc) is 2.53. The van der Waals surface area contributed by atoms with Crippen molar-refractivity contribution in [2.24, 2.45) is 0 Å². The predicted molar refractivity (Wildman–Crippen MR) is 87.6 cm³/mol. The summed E-state index contributed by atoms with van der Waals surface area (Å²) in [5.74, 6) is 0.931. The Labute approximate surface area is 131 Å². The second-order valence-electron chi connectivity index (χ2n) is 4.75. The van der Waals surface area contributed by atoms with Crippen molar-refractivity contribution in [1.82, 2.24) is 15.3 Å². The first-order valence-corrected chi connectivity index (χ1v) is 7.62. The summed E-state index contributed by atoms with van der Waals surface area (Å²) < 4.78 is 0. The number of halogens is 1. The molecule has 2 aromatic rings. The Bertz CT molecular complexity index is 559. The molecule has 2 aromatic heterocycles. The number of hydrogen-bond acceptors (Lipinski definition) is 4. The van der Waals surface area contributed by atoms with Gasteiger partial charge in [0.1, 0.15) is 5.82 Å². The van der Waals surface area contributed by atoms with Gasteiger partial charge in [-0.3, -0.25) is 4.98 Å². The molecule has 0 radical (unpaired) electrons. The molecule has 0 aliphatic carbocycles. The van der Waals surface area contributed by atoms with Gasteiger partial charge in [-0.25, -0.2) is 4.98 Å². The minimum Gasteiger partial charge on any atom is -0.351 e. The van der Waals surface area contributed by atoms with E-state index in [1.807, 2.05) is 24.4 Å². The van der Waals surface area contributed by atoms with Crippen LogP contribution in [0.2, 0.25) is 5.02 Å². The average molecular weight is 305 g/mol. The Hall–Kier alpha value is -1.65. The van der Waals surface area contributed by atoms with E-state index in [-0.39, 0.29) is 0 Å². The summed E-state index contributed by atoms with van der Waals surface area (Å²) in [6, 6.07) is 8.01. The van der Waals surface area contributed by atoms with Gasteiger partial charge in [-0.1, -0.05) is 24.6 Å². The van der Waals surface area contributed by atoms with Gasteiger partial charge in [-0.15, -0.1) is 0 Å². The second kappa shape index (κ2) is 7.96. The number of nitrogens with one attached hydrogen (secondary N) is 1. The highest BCUT2D eigenvalue weighted by Gasteiger charge is 2.10. The van der Waals surface area contributed by atoms with Gasteiger partial charge in [0.2, 0.25) is 0 Å². The number of aromatic nitrogens is 2. The molecule has 0 spiro atoms. The number of nitrogens with zero attached hydrogens (tertiary/aromatic N) is 3. The van der Waals surface area contributed by atoms with Gasteiger partial charge >= 0.3 is 0 Å². The zero-order valence-corrected chi connectivity index (χ0v) is 13.3. The highest BCUT2D eigenvalue weighted by molar-refractivity contribution is 6.31. The quantitative estimate of drug-likeness (QED) is 0.852. The van der Waals surface area contributed by atoms with E-state index in [1.54, 1.807) is 6.20 Å². The molecule has 0 fully saturated rings. The lowest BCUT2D eigenvalue weighted by molar-refractivity contribution is 0.723. The monoisotopic (exact) mass is 304 g/mol. The maximum absolute atomic E-state index is 6.21. The third-order valence-corrected chi connectivity index (χ3v) is 3.61. The van der Waals surface area contributed by atoms with E-state index >= 15 is 0 Å². The van der Waals surface area contributed by atoms with Crippen molar-refractivity contribution in [2.75, 3.05) is 18.0 Å². The summed E-state index contributed by atoms with van der Waals surface area (Å²) in [4.78, 5) is 11.0. The van der Waals surface area contributed by atoms with Gasteiger partial charge in [0.25, 0.3) is 0 Å². The third kappa shape index (κ3) is 4.41. The van der Waals surface area contributed by atoms with Crippen LogP contribution in [0.4, 0.5) is 5.82 Å². The van der Waals surface area contributed by atoms with E-state index in [9.17, 15) is 0 Å². The minimum atomic E-state index is 0.702. The van der Waals surface area contributed by atoms with Crippen LogP contribution in [0.25, 0.3) is 0 Å². The molecule has 21 heavy (non-hydrogen) atoms. The zero-order chi connectivity index (χ0) is 15.1. The normalized spacial score (nSPS) is 10.6. The Morgan fingerprint density at radius 1 is 1.24 bits per heavy atom. The van der Waals surface area contributed by atoms with Crippen LogP contribution in [0.15, 0.2) is 36.7 Å². The predicted octanol–water partition coefficient (Wildman–Crippen LogP) is 3.27. The first-order valence-electron chi connectivity index (χ1n) is 7.24. The van der Waals surface area contributed by atoms with Crippen molar-refractivity contribution in [2.45, 2.75) is 26.9 Å². The Balaban J connectivity index is 2.17. The van der Waals surface area contributed by atoms with Crippen molar-refractivity contribution in [3.05, 3.63) is 52.9 Å². The SMILES string of the molecule is CCNCc1cc(N(CC)Cc2ccccn2)ncc1Cl. The maximum Gasteiger partial charge on any atom is 0.129 e. The zero-order valence-electron chi connectivity index (χ0n) is 12.5. The van der Waals surface area contributed by atoms with E-state index in [0.29, 0.717) is 5.02 Å². The molecule has 0 saturated heterocycles. The summed E-state index contributed by atoms with van der Waals surface area (Å²) in [6.07, 6.45) is 3.54. The third-order valence-electron chi connectivity index (χ3n) is 3.27. The Morgan fingerprint density at radius 2 is 2.10 bits per heavy atom. The molecule has 0 unspecified atom stereocenters. The van der Waals surface area contributed by atoms with Crippen LogP contribution < -0.4 is 10.2 Å². The molecule has 0 aliphatic rings. The van der Waals surface area contributed by atoms with E-state index in [0.717, 1.165) is 43.3 Å². The van der Waals surface area contributed by atoms with Crippen molar-refractivity contribution < 1.29 is 0 Å². The lowest BCUT2D eigenvalue weighted by atomic mass is 10.2.